The number of nitrogens with zero attached hydrogens (tertiary/aromatic N) is 4. The van der Waals surface area contributed by atoms with Gasteiger partial charge in [0.1, 0.15) is 17.4 Å². The van der Waals surface area contributed by atoms with Crippen LogP contribution in [0.4, 0.5) is 5.82 Å². The van der Waals surface area contributed by atoms with Crippen molar-refractivity contribution in [3.05, 3.63) is 77.5 Å². The third-order valence-corrected chi connectivity index (χ3v) is 5.49. The molecule has 1 atom stereocenters. The van der Waals surface area contributed by atoms with Gasteiger partial charge in [-0.25, -0.2) is 4.98 Å². The zero-order chi connectivity index (χ0) is 23.5. The molecule has 7 nitrogen and oxygen atoms in total. The minimum Gasteiger partial charge on any atom is -0.481 e. The van der Waals surface area contributed by atoms with Gasteiger partial charge < -0.3 is 10.1 Å². The Hall–Kier alpha value is -4.18. The summed E-state index contributed by atoms with van der Waals surface area (Å²) in [6.45, 7) is 7.89. The summed E-state index contributed by atoms with van der Waals surface area (Å²) >= 11 is 0. The molecule has 33 heavy (non-hydrogen) atoms. The van der Waals surface area contributed by atoms with Gasteiger partial charge in [-0.15, -0.1) is 0 Å². The van der Waals surface area contributed by atoms with Crippen molar-refractivity contribution in [1.29, 1.82) is 5.26 Å². The second kappa shape index (κ2) is 9.13. The zero-order valence-corrected chi connectivity index (χ0v) is 19.0. The number of benzene rings is 2. The number of carbonyl (C=O) groups is 1. The van der Waals surface area contributed by atoms with Gasteiger partial charge in [0.25, 0.3) is 5.91 Å². The van der Waals surface area contributed by atoms with Crippen LogP contribution in [-0.4, -0.2) is 26.8 Å². The van der Waals surface area contributed by atoms with Crippen molar-refractivity contribution in [3.63, 3.8) is 0 Å². The number of ether oxygens (including phenoxy) is 1. The Balaban J connectivity index is 1.59. The average molecular weight is 440 g/mol. The maximum atomic E-state index is 12.9. The maximum absolute atomic E-state index is 12.9. The normalized spacial score (nSPS) is 11.9. The van der Waals surface area contributed by atoms with Gasteiger partial charge in [0.05, 0.1) is 11.7 Å². The Kier molecular flexibility index (Phi) is 6.09. The Labute approximate surface area is 192 Å². The van der Waals surface area contributed by atoms with E-state index in [-0.39, 0.29) is 11.4 Å². The van der Waals surface area contributed by atoms with E-state index in [1.54, 1.807) is 6.92 Å². The van der Waals surface area contributed by atoms with Gasteiger partial charge in [-0.05, 0) is 55.2 Å². The Morgan fingerprint density at radius 3 is 2.55 bits per heavy atom. The minimum atomic E-state index is -0.781. The van der Waals surface area contributed by atoms with Crippen molar-refractivity contribution in [1.82, 2.24) is 14.8 Å². The SMILES string of the molecule is Cc1cc(-n2ncc(C#N)c2NC(=O)C(C)Oc2ccc(C(C)C)cc2)nc2ccccc12. The molecule has 2 aromatic carbocycles. The molecular formula is C26H25N5O2. The zero-order valence-electron chi connectivity index (χ0n) is 19.0. The maximum Gasteiger partial charge on any atom is 0.266 e. The molecule has 0 aliphatic rings. The van der Waals surface area contributed by atoms with E-state index in [9.17, 15) is 10.1 Å². The fraction of sp³-hybridized carbons (Fsp3) is 0.231. The molecule has 0 bridgehead atoms. The first-order valence-corrected chi connectivity index (χ1v) is 10.8. The van der Waals surface area contributed by atoms with E-state index in [0.29, 0.717) is 17.5 Å². The van der Waals surface area contributed by atoms with Gasteiger partial charge in [-0.2, -0.15) is 15.0 Å². The molecule has 0 fully saturated rings. The number of carbonyl (C=O) groups excluding carboxylic acids is 1. The van der Waals surface area contributed by atoms with Crippen LogP contribution in [0.2, 0.25) is 0 Å². The van der Waals surface area contributed by atoms with E-state index < -0.39 is 12.0 Å². The van der Waals surface area contributed by atoms with E-state index in [2.05, 4.69) is 35.3 Å². The van der Waals surface area contributed by atoms with Crippen LogP contribution >= 0.6 is 0 Å². The molecule has 2 heterocycles. The van der Waals surface area contributed by atoms with Gasteiger partial charge in [0.2, 0.25) is 0 Å². The number of anilines is 1. The highest BCUT2D eigenvalue weighted by molar-refractivity contribution is 5.94. The standard InChI is InChI=1S/C26H25N5O2/c1-16(2)19-9-11-21(12-10-19)33-18(4)26(32)30-25-20(14-27)15-28-31(25)24-13-17(3)22-7-5-6-8-23(22)29-24/h5-13,15-16,18H,1-4H3,(H,30,32). The molecule has 2 aromatic heterocycles. The average Bonchev–Trinajstić information content (AvgIpc) is 3.21. The Morgan fingerprint density at radius 1 is 1.12 bits per heavy atom. The number of aromatic nitrogens is 3. The highest BCUT2D eigenvalue weighted by Gasteiger charge is 2.21. The highest BCUT2D eigenvalue weighted by atomic mass is 16.5. The molecule has 1 amide bonds. The molecule has 166 valence electrons. The van der Waals surface area contributed by atoms with Crippen molar-refractivity contribution in [2.24, 2.45) is 0 Å². The lowest BCUT2D eigenvalue weighted by molar-refractivity contribution is -0.122. The minimum absolute atomic E-state index is 0.240. The molecule has 0 aliphatic carbocycles. The first-order valence-electron chi connectivity index (χ1n) is 10.8. The predicted molar refractivity (Wildman–Crippen MR) is 128 cm³/mol. The van der Waals surface area contributed by atoms with Crippen molar-refractivity contribution >= 4 is 22.6 Å². The number of rotatable bonds is 6. The van der Waals surface area contributed by atoms with Crippen molar-refractivity contribution < 1.29 is 9.53 Å². The lowest BCUT2D eigenvalue weighted by Crippen LogP contribution is -2.31. The summed E-state index contributed by atoms with van der Waals surface area (Å²) in [7, 11) is 0. The lowest BCUT2D eigenvalue weighted by atomic mass is 10.0. The fourth-order valence-electron chi connectivity index (χ4n) is 3.57. The number of hydrogen-bond donors (Lipinski definition) is 1. The molecule has 4 rings (SSSR count). The van der Waals surface area contributed by atoms with Crippen LogP contribution < -0.4 is 10.1 Å². The van der Waals surface area contributed by atoms with Crippen molar-refractivity contribution in [3.8, 4) is 17.6 Å². The van der Waals surface area contributed by atoms with Crippen LogP contribution in [0.5, 0.6) is 5.75 Å². The number of hydrogen-bond acceptors (Lipinski definition) is 5. The molecule has 0 saturated heterocycles. The first kappa shape index (κ1) is 22.0. The second-order valence-corrected chi connectivity index (χ2v) is 8.22. The quantitative estimate of drug-likeness (QED) is 0.450. The number of amides is 1. The molecule has 0 spiro atoms. The van der Waals surface area contributed by atoms with E-state index in [4.69, 9.17) is 4.74 Å². The molecule has 1 N–H and O–H groups in total. The molecule has 7 heteroatoms. The van der Waals surface area contributed by atoms with E-state index in [0.717, 1.165) is 16.5 Å². The lowest BCUT2D eigenvalue weighted by Gasteiger charge is -2.16. The van der Waals surface area contributed by atoms with Gasteiger partial charge in [0, 0.05) is 5.39 Å². The van der Waals surface area contributed by atoms with Gasteiger partial charge >= 0.3 is 0 Å². The summed E-state index contributed by atoms with van der Waals surface area (Å²) in [5, 5.41) is 17.7. The van der Waals surface area contributed by atoms with Crippen LogP contribution in [0, 0.1) is 18.3 Å². The predicted octanol–water partition coefficient (Wildman–Crippen LogP) is 5.13. The van der Waals surface area contributed by atoms with Gasteiger partial charge in [-0.1, -0.05) is 44.2 Å². The van der Waals surface area contributed by atoms with Crippen LogP contribution in [-0.2, 0) is 4.79 Å². The van der Waals surface area contributed by atoms with Crippen LogP contribution in [0.25, 0.3) is 16.7 Å². The first-order chi connectivity index (χ1) is 15.9. The number of nitrogens with one attached hydrogen (secondary N) is 1. The number of nitriles is 1. The van der Waals surface area contributed by atoms with E-state index >= 15 is 0 Å². The van der Waals surface area contributed by atoms with Gasteiger partial charge in [-0.3, -0.25) is 4.79 Å². The van der Waals surface area contributed by atoms with Crippen molar-refractivity contribution in [2.75, 3.05) is 5.32 Å². The Morgan fingerprint density at radius 2 is 1.85 bits per heavy atom. The summed E-state index contributed by atoms with van der Waals surface area (Å²) in [6.07, 6.45) is 0.633. The Bertz CT molecular complexity index is 1350. The monoisotopic (exact) mass is 439 g/mol. The van der Waals surface area contributed by atoms with Crippen LogP contribution in [0.1, 0.15) is 43.4 Å². The molecule has 4 aromatic rings. The third-order valence-electron chi connectivity index (χ3n) is 5.49. The number of aryl methyl sites for hydroxylation is 1. The molecule has 0 saturated carbocycles. The summed E-state index contributed by atoms with van der Waals surface area (Å²) < 4.78 is 7.29. The second-order valence-electron chi connectivity index (χ2n) is 8.22. The largest absolute Gasteiger partial charge is 0.481 e. The number of pyridine rings is 1. The third kappa shape index (κ3) is 4.55. The van der Waals surface area contributed by atoms with Gasteiger partial charge in [0.15, 0.2) is 17.7 Å². The molecule has 0 radical (unpaired) electrons. The molecule has 1 unspecified atom stereocenters. The smallest absolute Gasteiger partial charge is 0.266 e. The summed E-state index contributed by atoms with van der Waals surface area (Å²) in [5.41, 5.74) is 3.26. The van der Waals surface area contributed by atoms with E-state index in [1.165, 1.54) is 16.4 Å². The highest BCUT2D eigenvalue weighted by Crippen LogP contribution is 2.24. The number of fused-ring (bicyclic) bond motifs is 1. The van der Waals surface area contributed by atoms with Crippen molar-refractivity contribution in [2.45, 2.75) is 39.7 Å². The summed E-state index contributed by atoms with van der Waals surface area (Å²) in [5.74, 6) is 1.40. The summed E-state index contributed by atoms with van der Waals surface area (Å²) in [6, 6.07) is 19.4. The molecular weight excluding hydrogens is 414 g/mol. The van der Waals surface area contributed by atoms with Crippen LogP contribution in [0.15, 0.2) is 60.8 Å². The topological polar surface area (TPSA) is 92.8 Å². The van der Waals surface area contributed by atoms with E-state index in [1.807, 2.05) is 61.5 Å². The summed E-state index contributed by atoms with van der Waals surface area (Å²) in [4.78, 5) is 17.6. The number of para-hydroxylation sites is 1. The molecule has 0 aliphatic heterocycles. The fourth-order valence-corrected chi connectivity index (χ4v) is 3.57. The van der Waals surface area contributed by atoms with Crippen LogP contribution in [0.3, 0.4) is 0 Å².